The van der Waals surface area contributed by atoms with Crippen LogP contribution in [-0.2, 0) is 0 Å². The molecule has 0 saturated carbocycles. The maximum atomic E-state index is 10.9. The second-order valence-corrected chi connectivity index (χ2v) is 2.60. The maximum absolute atomic E-state index is 10.9. The van der Waals surface area contributed by atoms with Crippen molar-refractivity contribution in [1.29, 1.82) is 0 Å². The van der Waals surface area contributed by atoms with Crippen molar-refractivity contribution in [2.45, 2.75) is 12.3 Å². The monoisotopic (exact) mass is 156 g/mol. The molecule has 0 bridgehead atoms. The van der Waals surface area contributed by atoms with Gasteiger partial charge in [0.15, 0.2) is 0 Å². The van der Waals surface area contributed by atoms with Crippen molar-refractivity contribution >= 4 is 12.1 Å². The highest BCUT2D eigenvalue weighted by Crippen LogP contribution is 2.10. The molecular formula is C5H8N4O2. The van der Waals surface area contributed by atoms with Crippen molar-refractivity contribution < 1.29 is 9.59 Å². The number of urea groups is 2. The first kappa shape index (κ1) is 6.26. The molecule has 6 nitrogen and oxygen atoms in total. The summed E-state index contributed by atoms with van der Waals surface area (Å²) in [6.45, 7) is 0. The number of carbonyl (C=O) groups is 2. The van der Waals surface area contributed by atoms with Crippen LogP contribution in [0, 0.1) is 0 Å². The molecule has 6 heteroatoms. The van der Waals surface area contributed by atoms with Gasteiger partial charge in [-0.15, -0.1) is 0 Å². The van der Waals surface area contributed by atoms with Crippen LogP contribution in [0.2, 0.25) is 0 Å². The van der Waals surface area contributed by atoms with Gasteiger partial charge in [0.25, 0.3) is 0 Å². The van der Waals surface area contributed by atoms with Crippen molar-refractivity contribution in [3.8, 4) is 0 Å². The van der Waals surface area contributed by atoms with Gasteiger partial charge in [-0.3, -0.25) is 0 Å². The highest BCUT2D eigenvalue weighted by molar-refractivity contribution is 5.84. The molecule has 0 aliphatic carbocycles. The Morgan fingerprint density at radius 2 is 2.00 bits per heavy atom. The normalized spacial score (nSPS) is 34.5. The molecular weight excluding hydrogens is 148 g/mol. The summed E-state index contributed by atoms with van der Waals surface area (Å²) in [6.07, 6.45) is -0.519. The predicted molar refractivity (Wildman–Crippen MR) is 35.5 cm³/mol. The molecule has 4 amide bonds. The average molecular weight is 156 g/mol. The smallest absolute Gasteiger partial charge is 0.314 e. The number of rotatable bonds is 0. The SMILES string of the molecule is CN1C(=O)NC2NC(=O)NC21. The van der Waals surface area contributed by atoms with Crippen LogP contribution < -0.4 is 16.0 Å². The van der Waals surface area contributed by atoms with Gasteiger partial charge in [0.2, 0.25) is 0 Å². The minimum Gasteiger partial charge on any atom is -0.314 e. The zero-order valence-electron chi connectivity index (χ0n) is 5.92. The molecule has 60 valence electrons. The molecule has 2 fully saturated rings. The number of nitrogens with one attached hydrogen (secondary N) is 3. The molecule has 2 unspecified atom stereocenters. The first-order valence-electron chi connectivity index (χ1n) is 3.29. The summed E-state index contributed by atoms with van der Waals surface area (Å²) in [7, 11) is 1.63. The molecule has 2 heterocycles. The molecule has 2 aliphatic heterocycles. The van der Waals surface area contributed by atoms with Crippen molar-refractivity contribution in [3.05, 3.63) is 0 Å². The third-order valence-electron chi connectivity index (χ3n) is 1.90. The van der Waals surface area contributed by atoms with E-state index in [2.05, 4.69) is 16.0 Å². The van der Waals surface area contributed by atoms with E-state index in [4.69, 9.17) is 0 Å². The van der Waals surface area contributed by atoms with Crippen LogP contribution >= 0.6 is 0 Å². The summed E-state index contributed by atoms with van der Waals surface area (Å²) >= 11 is 0. The maximum Gasteiger partial charge on any atom is 0.320 e. The largest absolute Gasteiger partial charge is 0.320 e. The molecule has 0 aromatic rings. The summed E-state index contributed by atoms with van der Waals surface area (Å²) in [5.41, 5.74) is 0. The Bertz CT molecular complexity index is 229. The van der Waals surface area contributed by atoms with E-state index >= 15 is 0 Å². The van der Waals surface area contributed by atoms with Gasteiger partial charge in [-0.25, -0.2) is 9.59 Å². The standard InChI is InChI=1S/C5H8N4O2/c1-9-3-2(7-5(9)11)6-4(10)8-3/h2-3H,1H3,(H,7,11)(H2,6,8,10). The van der Waals surface area contributed by atoms with Crippen LogP contribution in [0.15, 0.2) is 0 Å². The van der Waals surface area contributed by atoms with Gasteiger partial charge in [-0.2, -0.15) is 0 Å². The first-order valence-corrected chi connectivity index (χ1v) is 3.29. The van der Waals surface area contributed by atoms with Gasteiger partial charge in [-0.05, 0) is 0 Å². The topological polar surface area (TPSA) is 73.5 Å². The van der Waals surface area contributed by atoms with E-state index < -0.39 is 0 Å². The minimum atomic E-state index is -0.278. The molecule has 0 radical (unpaired) electrons. The highest BCUT2D eigenvalue weighted by atomic mass is 16.2. The molecule has 0 aromatic heterocycles. The quantitative estimate of drug-likeness (QED) is 0.404. The molecule has 2 atom stereocenters. The van der Waals surface area contributed by atoms with Crippen molar-refractivity contribution in [2.75, 3.05) is 7.05 Å². The van der Waals surface area contributed by atoms with Crippen LogP contribution in [0.1, 0.15) is 0 Å². The fourth-order valence-electron chi connectivity index (χ4n) is 1.28. The van der Waals surface area contributed by atoms with E-state index in [9.17, 15) is 9.59 Å². The summed E-state index contributed by atoms with van der Waals surface area (Å²) < 4.78 is 0. The molecule has 0 spiro atoms. The van der Waals surface area contributed by atoms with Gasteiger partial charge in [0.05, 0.1) is 0 Å². The van der Waals surface area contributed by atoms with E-state index in [1.54, 1.807) is 7.05 Å². The summed E-state index contributed by atoms with van der Waals surface area (Å²) in [5.74, 6) is 0. The minimum absolute atomic E-state index is 0.174. The molecule has 2 rings (SSSR count). The fraction of sp³-hybridized carbons (Fsp3) is 0.600. The van der Waals surface area contributed by atoms with Gasteiger partial charge < -0.3 is 20.9 Å². The summed E-state index contributed by atoms with van der Waals surface area (Å²) in [4.78, 5) is 23.1. The van der Waals surface area contributed by atoms with Crippen LogP contribution in [0.3, 0.4) is 0 Å². The zero-order valence-corrected chi connectivity index (χ0v) is 5.92. The Morgan fingerprint density at radius 1 is 1.27 bits per heavy atom. The number of hydrogen-bond donors (Lipinski definition) is 3. The fourth-order valence-corrected chi connectivity index (χ4v) is 1.28. The van der Waals surface area contributed by atoms with E-state index in [1.807, 2.05) is 0 Å². The Labute approximate surface area is 62.9 Å². The van der Waals surface area contributed by atoms with Gasteiger partial charge in [-0.1, -0.05) is 0 Å². The molecule has 0 aromatic carbocycles. The van der Waals surface area contributed by atoms with Crippen LogP contribution in [0.4, 0.5) is 9.59 Å². The number of fused-ring (bicyclic) bond motifs is 1. The number of hydrogen-bond acceptors (Lipinski definition) is 2. The molecule has 11 heavy (non-hydrogen) atoms. The first-order chi connectivity index (χ1) is 5.18. The highest BCUT2D eigenvalue weighted by Gasteiger charge is 2.43. The molecule has 3 N–H and O–H groups in total. The number of carbonyl (C=O) groups excluding carboxylic acids is 2. The van der Waals surface area contributed by atoms with Crippen LogP contribution in [0.25, 0.3) is 0 Å². The zero-order chi connectivity index (χ0) is 8.01. The lowest BCUT2D eigenvalue weighted by molar-refractivity contribution is 0.210. The number of nitrogens with zero attached hydrogens (tertiary/aromatic N) is 1. The van der Waals surface area contributed by atoms with E-state index in [0.29, 0.717) is 0 Å². The van der Waals surface area contributed by atoms with Crippen LogP contribution in [0.5, 0.6) is 0 Å². The second kappa shape index (κ2) is 1.77. The molecule has 2 aliphatic rings. The summed E-state index contributed by atoms with van der Waals surface area (Å²) in [5, 5.41) is 7.73. The van der Waals surface area contributed by atoms with Crippen molar-refractivity contribution in [3.63, 3.8) is 0 Å². The average Bonchev–Trinajstić information content (AvgIpc) is 2.37. The second-order valence-electron chi connectivity index (χ2n) is 2.60. The Balaban J connectivity index is 2.19. The van der Waals surface area contributed by atoms with Crippen LogP contribution in [-0.4, -0.2) is 36.3 Å². The summed E-state index contributed by atoms with van der Waals surface area (Å²) in [6, 6.07) is -0.417. The third-order valence-corrected chi connectivity index (χ3v) is 1.90. The Morgan fingerprint density at radius 3 is 2.64 bits per heavy atom. The predicted octanol–water partition coefficient (Wildman–Crippen LogP) is -1.39. The van der Waals surface area contributed by atoms with E-state index in [1.165, 1.54) is 4.90 Å². The Hall–Kier alpha value is -1.46. The lowest BCUT2D eigenvalue weighted by atomic mass is 10.4. The molecule has 2 saturated heterocycles. The number of likely N-dealkylation sites (N-methyl/N-ethyl adjacent to an activating group) is 1. The van der Waals surface area contributed by atoms with Crippen molar-refractivity contribution in [2.24, 2.45) is 0 Å². The number of amides is 4. The van der Waals surface area contributed by atoms with Gasteiger partial charge in [0.1, 0.15) is 12.3 Å². The Kier molecular flexibility index (Phi) is 1.01. The van der Waals surface area contributed by atoms with E-state index in [0.717, 1.165) is 0 Å². The van der Waals surface area contributed by atoms with E-state index in [-0.39, 0.29) is 24.4 Å². The van der Waals surface area contributed by atoms with Gasteiger partial charge in [0, 0.05) is 7.05 Å². The lowest BCUT2D eigenvalue weighted by Crippen LogP contribution is -2.40. The lowest BCUT2D eigenvalue weighted by Gasteiger charge is -2.14. The van der Waals surface area contributed by atoms with Crippen molar-refractivity contribution in [1.82, 2.24) is 20.9 Å². The van der Waals surface area contributed by atoms with Gasteiger partial charge >= 0.3 is 12.1 Å². The third kappa shape index (κ3) is 0.719.